The fraction of sp³-hybridized carbons (Fsp3) is 0.128. The predicted molar refractivity (Wildman–Crippen MR) is 173 cm³/mol. The van der Waals surface area contributed by atoms with Gasteiger partial charge in [-0.05, 0) is 93.0 Å². The molecule has 0 atom stereocenters. The number of aromatic nitrogens is 1. The summed E-state index contributed by atoms with van der Waals surface area (Å²) in [6.07, 6.45) is 4.43. The summed E-state index contributed by atoms with van der Waals surface area (Å²) < 4.78 is 2.48. The zero-order chi connectivity index (χ0) is 27.2. The number of allylic oxidation sites excluding steroid dienone is 1. The van der Waals surface area contributed by atoms with Crippen LogP contribution in [0.2, 0.25) is 0 Å². The standard InChI is InChI=1S/C39H31N/c1-5-12-26-24(2)27-13-6-7-14-28(27)29-20-19-25(23-33(26)29)40-35-18-11-9-16-32(35)37-36(40)22-21-31-30-15-8-10-17-34(30)39(3,4)38(31)37/h5-23H,1-4H3/b12-5-. The molecule has 0 amide bonds. The van der Waals surface area contributed by atoms with Gasteiger partial charge in [0.2, 0.25) is 0 Å². The minimum atomic E-state index is -0.0705. The molecule has 1 aromatic heterocycles. The Morgan fingerprint density at radius 2 is 1.32 bits per heavy atom. The molecule has 192 valence electrons. The molecule has 0 radical (unpaired) electrons. The number of aryl methyl sites for hydroxylation is 1. The Morgan fingerprint density at radius 3 is 2.15 bits per heavy atom. The first kappa shape index (κ1) is 23.3. The third kappa shape index (κ3) is 2.93. The summed E-state index contributed by atoms with van der Waals surface area (Å²) in [7, 11) is 0. The second-order valence-corrected chi connectivity index (χ2v) is 11.7. The summed E-state index contributed by atoms with van der Waals surface area (Å²) in [5.41, 5.74) is 11.9. The summed E-state index contributed by atoms with van der Waals surface area (Å²) in [4.78, 5) is 0. The summed E-state index contributed by atoms with van der Waals surface area (Å²) in [6.45, 7) is 9.14. The van der Waals surface area contributed by atoms with Crippen LogP contribution in [0.3, 0.4) is 0 Å². The van der Waals surface area contributed by atoms with Crippen LogP contribution in [-0.2, 0) is 5.41 Å². The van der Waals surface area contributed by atoms with Crippen LogP contribution in [0, 0.1) is 6.92 Å². The largest absolute Gasteiger partial charge is 0.309 e. The van der Waals surface area contributed by atoms with Crippen LogP contribution in [0.4, 0.5) is 0 Å². The van der Waals surface area contributed by atoms with Gasteiger partial charge in [-0.3, -0.25) is 0 Å². The van der Waals surface area contributed by atoms with Crippen LogP contribution in [0.1, 0.15) is 43.0 Å². The third-order valence-corrected chi connectivity index (χ3v) is 9.26. The molecule has 0 saturated carbocycles. The average molecular weight is 514 g/mol. The van der Waals surface area contributed by atoms with Crippen LogP contribution in [0.25, 0.3) is 66.2 Å². The molecule has 1 aliphatic carbocycles. The second-order valence-electron chi connectivity index (χ2n) is 11.7. The molecule has 6 aromatic carbocycles. The Labute approximate surface area is 235 Å². The normalized spacial score (nSPS) is 14.1. The molecule has 0 bridgehead atoms. The molecule has 0 aliphatic heterocycles. The lowest BCUT2D eigenvalue weighted by Gasteiger charge is -2.22. The first-order chi connectivity index (χ1) is 19.5. The average Bonchev–Trinajstić information content (AvgIpc) is 3.44. The monoisotopic (exact) mass is 513 g/mol. The van der Waals surface area contributed by atoms with E-state index in [1.807, 2.05) is 0 Å². The van der Waals surface area contributed by atoms with Gasteiger partial charge < -0.3 is 4.57 Å². The Hall–Kier alpha value is -4.62. The van der Waals surface area contributed by atoms with Crippen LogP contribution >= 0.6 is 0 Å². The third-order valence-electron chi connectivity index (χ3n) is 9.26. The zero-order valence-corrected chi connectivity index (χ0v) is 23.4. The lowest BCUT2D eigenvalue weighted by Crippen LogP contribution is -2.15. The van der Waals surface area contributed by atoms with Crippen molar-refractivity contribution in [1.29, 1.82) is 0 Å². The number of rotatable bonds is 2. The van der Waals surface area contributed by atoms with Gasteiger partial charge in [0.15, 0.2) is 0 Å². The van der Waals surface area contributed by atoms with Crippen LogP contribution in [0.5, 0.6) is 0 Å². The highest BCUT2D eigenvalue weighted by Gasteiger charge is 2.37. The Kier molecular flexibility index (Phi) is 4.77. The van der Waals surface area contributed by atoms with Crippen molar-refractivity contribution < 1.29 is 0 Å². The number of fused-ring (bicyclic) bond motifs is 10. The van der Waals surface area contributed by atoms with E-state index in [1.165, 1.54) is 82.4 Å². The maximum atomic E-state index is 2.48. The van der Waals surface area contributed by atoms with Crippen molar-refractivity contribution in [1.82, 2.24) is 4.57 Å². The van der Waals surface area contributed by atoms with E-state index < -0.39 is 0 Å². The van der Waals surface area contributed by atoms with E-state index in [0.717, 1.165) is 0 Å². The van der Waals surface area contributed by atoms with E-state index in [1.54, 1.807) is 0 Å². The number of hydrogen-bond acceptors (Lipinski definition) is 0. The van der Waals surface area contributed by atoms with Crippen molar-refractivity contribution in [2.75, 3.05) is 0 Å². The van der Waals surface area contributed by atoms with Gasteiger partial charge in [0, 0.05) is 21.9 Å². The molecule has 0 spiro atoms. The van der Waals surface area contributed by atoms with Crippen LogP contribution in [0.15, 0.2) is 109 Å². The predicted octanol–water partition coefficient (Wildman–Crippen LogP) is 10.7. The Morgan fingerprint density at radius 1 is 0.625 bits per heavy atom. The van der Waals surface area contributed by atoms with Crippen molar-refractivity contribution in [2.45, 2.75) is 33.1 Å². The van der Waals surface area contributed by atoms with Gasteiger partial charge in [0.1, 0.15) is 0 Å². The first-order valence-electron chi connectivity index (χ1n) is 14.3. The smallest absolute Gasteiger partial charge is 0.0544 e. The van der Waals surface area contributed by atoms with E-state index >= 15 is 0 Å². The van der Waals surface area contributed by atoms with E-state index in [9.17, 15) is 0 Å². The van der Waals surface area contributed by atoms with Crippen molar-refractivity contribution in [2.24, 2.45) is 0 Å². The van der Waals surface area contributed by atoms with E-state index in [-0.39, 0.29) is 5.41 Å². The lowest BCUT2D eigenvalue weighted by molar-refractivity contribution is 0.666. The molecule has 1 heterocycles. The minimum absolute atomic E-state index is 0.0705. The van der Waals surface area contributed by atoms with Gasteiger partial charge in [0.25, 0.3) is 0 Å². The molecule has 1 nitrogen and oxygen atoms in total. The summed E-state index contributed by atoms with van der Waals surface area (Å²) in [5.74, 6) is 0. The SMILES string of the molecule is C/C=C\c1c(C)c2ccccc2c2ccc(-n3c4ccccc4c4c5c(ccc43)-c3ccccc3C5(C)C)cc12. The van der Waals surface area contributed by atoms with Gasteiger partial charge in [-0.15, -0.1) is 0 Å². The first-order valence-corrected chi connectivity index (χ1v) is 14.3. The highest BCUT2D eigenvalue weighted by Crippen LogP contribution is 2.53. The molecular weight excluding hydrogens is 482 g/mol. The van der Waals surface area contributed by atoms with Crippen molar-refractivity contribution in [3.8, 4) is 16.8 Å². The number of benzene rings is 6. The summed E-state index contributed by atoms with van der Waals surface area (Å²) >= 11 is 0. The molecule has 1 aliphatic rings. The van der Waals surface area contributed by atoms with E-state index in [0.29, 0.717) is 0 Å². The lowest BCUT2D eigenvalue weighted by atomic mass is 9.80. The van der Waals surface area contributed by atoms with Crippen molar-refractivity contribution in [3.05, 3.63) is 131 Å². The van der Waals surface area contributed by atoms with Crippen LogP contribution in [-0.4, -0.2) is 4.57 Å². The molecule has 1 heteroatoms. The molecule has 7 aromatic rings. The minimum Gasteiger partial charge on any atom is -0.309 e. The summed E-state index contributed by atoms with van der Waals surface area (Å²) in [6, 6.07) is 38.4. The highest BCUT2D eigenvalue weighted by molar-refractivity contribution is 6.16. The molecular formula is C39H31N. The van der Waals surface area contributed by atoms with Crippen molar-refractivity contribution >= 4 is 49.4 Å². The Bertz CT molecular complexity index is 2200. The van der Waals surface area contributed by atoms with E-state index in [2.05, 4.69) is 148 Å². The topological polar surface area (TPSA) is 4.93 Å². The van der Waals surface area contributed by atoms with Gasteiger partial charge in [-0.2, -0.15) is 0 Å². The molecule has 40 heavy (non-hydrogen) atoms. The second kappa shape index (κ2) is 8.19. The van der Waals surface area contributed by atoms with Gasteiger partial charge >= 0.3 is 0 Å². The highest BCUT2D eigenvalue weighted by atomic mass is 15.0. The van der Waals surface area contributed by atoms with Crippen LogP contribution < -0.4 is 0 Å². The zero-order valence-electron chi connectivity index (χ0n) is 23.4. The summed E-state index contributed by atoms with van der Waals surface area (Å²) in [5, 5.41) is 7.93. The van der Waals surface area contributed by atoms with Gasteiger partial charge in [-0.1, -0.05) is 105 Å². The number of nitrogens with zero attached hydrogens (tertiary/aromatic N) is 1. The molecule has 8 rings (SSSR count). The quantitative estimate of drug-likeness (QED) is 0.203. The van der Waals surface area contributed by atoms with Gasteiger partial charge in [-0.25, -0.2) is 0 Å². The van der Waals surface area contributed by atoms with Gasteiger partial charge in [0.05, 0.1) is 11.0 Å². The number of para-hydroxylation sites is 1. The van der Waals surface area contributed by atoms with E-state index in [4.69, 9.17) is 0 Å². The maximum absolute atomic E-state index is 2.48. The molecule has 0 unspecified atom stereocenters. The van der Waals surface area contributed by atoms with Crippen molar-refractivity contribution in [3.63, 3.8) is 0 Å². The fourth-order valence-corrected chi connectivity index (χ4v) is 7.51. The fourth-order valence-electron chi connectivity index (χ4n) is 7.51. The number of hydrogen-bond donors (Lipinski definition) is 0. The maximum Gasteiger partial charge on any atom is 0.0544 e. The molecule has 0 fully saturated rings. The molecule has 0 saturated heterocycles. The molecule has 0 N–H and O–H groups in total. The Balaban J connectivity index is 1.50.